The molecule has 19 heavy (non-hydrogen) atoms. The van der Waals surface area contributed by atoms with E-state index in [1.165, 1.54) is 19.1 Å². The van der Waals surface area contributed by atoms with Crippen LogP contribution in [0.4, 0.5) is 4.39 Å². The zero-order valence-electron chi connectivity index (χ0n) is 10.3. The maximum atomic E-state index is 13.6. The predicted molar refractivity (Wildman–Crippen MR) is 73.3 cm³/mol. The third kappa shape index (κ3) is 3.75. The Morgan fingerprint density at radius 1 is 1.37 bits per heavy atom. The van der Waals surface area contributed by atoms with Crippen LogP contribution in [-0.4, -0.2) is 10.1 Å². The molecule has 0 saturated heterocycles. The number of benzene rings is 1. The van der Waals surface area contributed by atoms with Crippen LogP contribution in [0.3, 0.4) is 0 Å². The largest absolute Gasteiger partial charge is 0.487 e. The van der Waals surface area contributed by atoms with Gasteiger partial charge in [-0.15, -0.1) is 0 Å². The smallest absolute Gasteiger partial charge is 0.132 e. The molecule has 0 aliphatic heterocycles. The molecule has 0 radical (unpaired) electrons. The van der Waals surface area contributed by atoms with E-state index in [9.17, 15) is 9.50 Å². The molecule has 2 aromatic rings. The van der Waals surface area contributed by atoms with E-state index in [-0.39, 0.29) is 12.2 Å². The van der Waals surface area contributed by atoms with Crippen molar-refractivity contribution >= 4 is 15.9 Å². The van der Waals surface area contributed by atoms with Crippen molar-refractivity contribution in [2.45, 2.75) is 19.6 Å². The zero-order valence-corrected chi connectivity index (χ0v) is 11.9. The molecule has 0 aliphatic carbocycles. The van der Waals surface area contributed by atoms with E-state index in [1.54, 1.807) is 12.3 Å². The van der Waals surface area contributed by atoms with E-state index >= 15 is 0 Å². The molecule has 0 unspecified atom stereocenters. The molecule has 3 nitrogen and oxygen atoms in total. The van der Waals surface area contributed by atoms with Crippen LogP contribution in [0.15, 0.2) is 41.0 Å². The van der Waals surface area contributed by atoms with Crippen LogP contribution in [0.2, 0.25) is 0 Å². The van der Waals surface area contributed by atoms with Crippen LogP contribution >= 0.6 is 15.9 Å². The summed E-state index contributed by atoms with van der Waals surface area (Å²) >= 11 is 3.30. The fourth-order valence-electron chi connectivity index (χ4n) is 1.59. The number of ether oxygens (including phenoxy) is 1. The number of halogens is 2. The molecule has 2 rings (SSSR count). The molecule has 0 amide bonds. The van der Waals surface area contributed by atoms with Crippen molar-refractivity contribution in [1.29, 1.82) is 0 Å². The van der Waals surface area contributed by atoms with Gasteiger partial charge in [0.1, 0.15) is 18.2 Å². The van der Waals surface area contributed by atoms with Crippen LogP contribution in [-0.2, 0) is 6.61 Å². The quantitative estimate of drug-likeness (QED) is 0.933. The summed E-state index contributed by atoms with van der Waals surface area (Å²) in [7, 11) is 0. The molecule has 1 aromatic carbocycles. The molecule has 0 fully saturated rings. The second-order valence-electron chi connectivity index (χ2n) is 4.12. The molecular formula is C14H13BrFNO2. The summed E-state index contributed by atoms with van der Waals surface area (Å²) in [5.41, 5.74) is 1.01. The van der Waals surface area contributed by atoms with Gasteiger partial charge in [-0.3, -0.25) is 4.98 Å². The molecule has 100 valence electrons. The van der Waals surface area contributed by atoms with E-state index < -0.39 is 11.9 Å². The van der Waals surface area contributed by atoms with Crippen molar-refractivity contribution in [2.24, 2.45) is 0 Å². The molecule has 0 aliphatic rings. The van der Waals surface area contributed by atoms with Gasteiger partial charge in [0.15, 0.2) is 0 Å². The number of aromatic nitrogens is 1. The van der Waals surface area contributed by atoms with Crippen molar-refractivity contribution in [3.8, 4) is 5.75 Å². The Morgan fingerprint density at radius 3 is 2.74 bits per heavy atom. The standard InChI is InChI=1S/C14H13BrFNO2/c1-9(18)13-5-4-12(6-14(13)16)19-8-11-3-2-10(15)7-17-11/h2-7,9,18H,8H2,1H3/t9-/m0/s1. The van der Waals surface area contributed by atoms with Gasteiger partial charge in [0, 0.05) is 22.3 Å². The Kier molecular flexibility index (Phi) is 4.50. The summed E-state index contributed by atoms with van der Waals surface area (Å²) in [6.45, 7) is 1.78. The number of aliphatic hydroxyl groups is 1. The lowest BCUT2D eigenvalue weighted by Gasteiger charge is -2.09. The molecule has 5 heteroatoms. The summed E-state index contributed by atoms with van der Waals surface area (Å²) < 4.78 is 20.0. The molecule has 1 N–H and O–H groups in total. The number of rotatable bonds is 4. The number of hydrogen-bond acceptors (Lipinski definition) is 3. The first kappa shape index (κ1) is 14.0. The topological polar surface area (TPSA) is 42.4 Å². The van der Waals surface area contributed by atoms with Crippen molar-refractivity contribution in [3.63, 3.8) is 0 Å². The van der Waals surface area contributed by atoms with Gasteiger partial charge >= 0.3 is 0 Å². The monoisotopic (exact) mass is 325 g/mol. The summed E-state index contributed by atoms with van der Waals surface area (Å²) in [6.07, 6.45) is 0.845. The maximum Gasteiger partial charge on any atom is 0.132 e. The first-order valence-corrected chi connectivity index (χ1v) is 6.56. The maximum absolute atomic E-state index is 13.6. The Morgan fingerprint density at radius 2 is 2.16 bits per heavy atom. The fourth-order valence-corrected chi connectivity index (χ4v) is 1.82. The summed E-state index contributed by atoms with van der Waals surface area (Å²) in [4.78, 5) is 4.16. The van der Waals surface area contributed by atoms with Gasteiger partial charge in [-0.05, 0) is 47.1 Å². The normalized spacial score (nSPS) is 12.2. The van der Waals surface area contributed by atoms with Crippen LogP contribution in [0, 0.1) is 5.82 Å². The van der Waals surface area contributed by atoms with E-state index in [1.807, 2.05) is 12.1 Å². The number of aliphatic hydroxyl groups excluding tert-OH is 1. The van der Waals surface area contributed by atoms with Gasteiger partial charge in [-0.2, -0.15) is 0 Å². The highest BCUT2D eigenvalue weighted by atomic mass is 79.9. The van der Waals surface area contributed by atoms with E-state index in [2.05, 4.69) is 20.9 Å². The first-order chi connectivity index (χ1) is 9.06. The molecule has 0 bridgehead atoms. The van der Waals surface area contributed by atoms with Gasteiger partial charge in [-0.25, -0.2) is 4.39 Å². The molecule has 0 saturated carbocycles. The third-order valence-corrected chi connectivity index (χ3v) is 3.07. The minimum Gasteiger partial charge on any atom is -0.487 e. The van der Waals surface area contributed by atoms with Gasteiger partial charge in [0.2, 0.25) is 0 Å². The SMILES string of the molecule is C[C@H](O)c1ccc(OCc2ccc(Br)cn2)cc1F. The van der Waals surface area contributed by atoms with E-state index in [0.29, 0.717) is 5.75 Å². The van der Waals surface area contributed by atoms with Crippen molar-refractivity contribution in [1.82, 2.24) is 4.98 Å². The third-order valence-electron chi connectivity index (χ3n) is 2.60. The van der Waals surface area contributed by atoms with Gasteiger partial charge in [0.05, 0.1) is 11.8 Å². The highest BCUT2D eigenvalue weighted by Crippen LogP contribution is 2.22. The second kappa shape index (κ2) is 6.12. The number of pyridine rings is 1. The van der Waals surface area contributed by atoms with E-state index in [0.717, 1.165) is 10.2 Å². The highest BCUT2D eigenvalue weighted by molar-refractivity contribution is 9.10. The lowest BCUT2D eigenvalue weighted by atomic mass is 10.1. The van der Waals surface area contributed by atoms with Gasteiger partial charge in [0.25, 0.3) is 0 Å². The molecule has 1 atom stereocenters. The van der Waals surface area contributed by atoms with E-state index in [4.69, 9.17) is 4.74 Å². The Hall–Kier alpha value is -1.46. The van der Waals surface area contributed by atoms with Crippen molar-refractivity contribution < 1.29 is 14.2 Å². The molecule has 1 aromatic heterocycles. The number of hydrogen-bond donors (Lipinski definition) is 1. The average molecular weight is 326 g/mol. The van der Waals surface area contributed by atoms with Crippen LogP contribution in [0.25, 0.3) is 0 Å². The molecule has 0 spiro atoms. The molecule has 1 heterocycles. The lowest BCUT2D eigenvalue weighted by molar-refractivity contribution is 0.193. The Labute approximate surface area is 119 Å². The second-order valence-corrected chi connectivity index (χ2v) is 5.03. The summed E-state index contributed by atoms with van der Waals surface area (Å²) in [5.74, 6) is -0.0668. The van der Waals surface area contributed by atoms with Crippen LogP contribution < -0.4 is 4.74 Å². The predicted octanol–water partition coefficient (Wildman–Crippen LogP) is 3.62. The lowest BCUT2D eigenvalue weighted by Crippen LogP contribution is -2.00. The van der Waals surface area contributed by atoms with Gasteiger partial charge < -0.3 is 9.84 Å². The Bertz CT molecular complexity index is 558. The van der Waals surface area contributed by atoms with Crippen LogP contribution in [0.1, 0.15) is 24.3 Å². The van der Waals surface area contributed by atoms with Crippen molar-refractivity contribution in [3.05, 3.63) is 58.1 Å². The number of nitrogens with zero attached hydrogens (tertiary/aromatic N) is 1. The molecular weight excluding hydrogens is 313 g/mol. The van der Waals surface area contributed by atoms with Crippen molar-refractivity contribution in [2.75, 3.05) is 0 Å². The van der Waals surface area contributed by atoms with Gasteiger partial charge in [-0.1, -0.05) is 0 Å². The minimum absolute atomic E-state index is 0.258. The highest BCUT2D eigenvalue weighted by Gasteiger charge is 2.09. The zero-order chi connectivity index (χ0) is 13.8. The summed E-state index contributed by atoms with van der Waals surface area (Å²) in [5, 5.41) is 9.33. The fraction of sp³-hybridized carbons (Fsp3) is 0.214. The van der Waals surface area contributed by atoms with Crippen LogP contribution in [0.5, 0.6) is 5.75 Å². The summed E-state index contributed by atoms with van der Waals surface area (Å²) in [6, 6.07) is 8.10. The minimum atomic E-state index is -0.831. The Balaban J connectivity index is 2.04. The first-order valence-electron chi connectivity index (χ1n) is 5.77. The average Bonchev–Trinajstić information content (AvgIpc) is 2.37.